The van der Waals surface area contributed by atoms with Gasteiger partial charge in [0.1, 0.15) is 0 Å². The zero-order valence-electron chi connectivity index (χ0n) is 15.8. The van der Waals surface area contributed by atoms with Gasteiger partial charge in [0.2, 0.25) is 6.79 Å². The highest BCUT2D eigenvalue weighted by Crippen LogP contribution is 2.38. The van der Waals surface area contributed by atoms with E-state index in [1.165, 1.54) is 5.56 Å². The van der Waals surface area contributed by atoms with Gasteiger partial charge in [0.15, 0.2) is 11.5 Å². The number of hydrogen-bond donors (Lipinski definition) is 0. The summed E-state index contributed by atoms with van der Waals surface area (Å²) in [7, 11) is 0. The Kier molecular flexibility index (Phi) is 4.23. The molecule has 3 aromatic rings. The first-order chi connectivity index (χ1) is 13.6. The van der Waals surface area contributed by atoms with Crippen molar-refractivity contribution in [3.05, 3.63) is 53.0 Å². The van der Waals surface area contributed by atoms with Crippen LogP contribution in [0, 0.1) is 5.41 Å². The van der Waals surface area contributed by atoms with E-state index in [-0.39, 0.29) is 11.3 Å². The summed E-state index contributed by atoms with van der Waals surface area (Å²) in [5.41, 5.74) is 4.81. The fourth-order valence-electron chi connectivity index (χ4n) is 4.35. The molecule has 1 unspecified atom stereocenters. The first-order valence-electron chi connectivity index (χ1n) is 9.61. The number of carbonyl (C=O) groups excluding carboxylic acids is 1. The molecule has 144 valence electrons. The average Bonchev–Trinajstić information content (AvgIpc) is 3.35. The fourth-order valence-corrected chi connectivity index (χ4v) is 5.06. The molecule has 1 amide bonds. The summed E-state index contributed by atoms with van der Waals surface area (Å²) in [5, 5.41) is 0. The second-order valence-corrected chi connectivity index (χ2v) is 8.93. The quantitative estimate of drug-likeness (QED) is 0.656. The molecule has 28 heavy (non-hydrogen) atoms. The monoisotopic (exact) mass is 394 g/mol. The number of piperidine rings is 1. The van der Waals surface area contributed by atoms with Crippen LogP contribution in [0.15, 0.2) is 41.9 Å². The van der Waals surface area contributed by atoms with Gasteiger partial charge in [-0.3, -0.25) is 4.79 Å². The number of hydrogen-bond acceptors (Lipinski definition) is 5. The second-order valence-electron chi connectivity index (χ2n) is 8.04. The molecule has 2 aromatic carbocycles. The van der Waals surface area contributed by atoms with Crippen LogP contribution in [0.5, 0.6) is 11.5 Å². The molecule has 0 saturated carbocycles. The Balaban J connectivity index is 1.33. The molecule has 0 bridgehead atoms. The number of nitrogens with zero attached hydrogens (tertiary/aromatic N) is 2. The van der Waals surface area contributed by atoms with Gasteiger partial charge in [-0.2, -0.15) is 0 Å². The number of rotatable bonds is 3. The Bertz CT molecular complexity index is 1050. The van der Waals surface area contributed by atoms with Crippen LogP contribution >= 0.6 is 11.3 Å². The topological polar surface area (TPSA) is 51.7 Å². The number of benzene rings is 2. The third-order valence-electron chi connectivity index (χ3n) is 5.71. The summed E-state index contributed by atoms with van der Waals surface area (Å²) in [6.45, 7) is 4.16. The minimum Gasteiger partial charge on any atom is -0.454 e. The number of fused-ring (bicyclic) bond motifs is 2. The highest BCUT2D eigenvalue weighted by molar-refractivity contribution is 7.16. The highest BCUT2D eigenvalue weighted by atomic mass is 32.1. The van der Waals surface area contributed by atoms with E-state index in [4.69, 9.17) is 9.47 Å². The second kappa shape index (κ2) is 6.78. The average molecular weight is 394 g/mol. The zero-order valence-corrected chi connectivity index (χ0v) is 16.6. The lowest BCUT2D eigenvalue weighted by Crippen LogP contribution is -2.45. The van der Waals surface area contributed by atoms with Crippen LogP contribution in [-0.2, 0) is 6.42 Å². The number of ether oxygens (including phenoxy) is 2. The molecule has 3 heterocycles. The molecule has 6 heteroatoms. The largest absolute Gasteiger partial charge is 0.454 e. The smallest absolute Gasteiger partial charge is 0.253 e. The van der Waals surface area contributed by atoms with Crippen LogP contribution in [0.2, 0.25) is 0 Å². The predicted octanol–water partition coefficient (Wildman–Crippen LogP) is 4.51. The molecular formula is C22H22N2O3S. The van der Waals surface area contributed by atoms with E-state index in [1.807, 2.05) is 34.7 Å². The van der Waals surface area contributed by atoms with E-state index in [2.05, 4.69) is 24.0 Å². The summed E-state index contributed by atoms with van der Waals surface area (Å²) < 4.78 is 12.0. The first-order valence-corrected chi connectivity index (χ1v) is 10.5. The molecule has 5 nitrogen and oxygen atoms in total. The van der Waals surface area contributed by atoms with Gasteiger partial charge >= 0.3 is 0 Å². The predicted molar refractivity (Wildman–Crippen MR) is 109 cm³/mol. The van der Waals surface area contributed by atoms with Crippen LogP contribution in [-0.4, -0.2) is 35.7 Å². The molecule has 1 fully saturated rings. The van der Waals surface area contributed by atoms with Gasteiger partial charge in [-0.1, -0.05) is 13.0 Å². The van der Waals surface area contributed by atoms with Gasteiger partial charge < -0.3 is 14.4 Å². The molecule has 0 aliphatic carbocycles. The van der Waals surface area contributed by atoms with Crippen molar-refractivity contribution in [1.29, 1.82) is 0 Å². The molecular weight excluding hydrogens is 372 g/mol. The first kappa shape index (κ1) is 17.5. The van der Waals surface area contributed by atoms with E-state index in [9.17, 15) is 4.79 Å². The number of carbonyl (C=O) groups is 1. The molecule has 0 spiro atoms. The minimum absolute atomic E-state index is 0.0518. The molecule has 5 rings (SSSR count). The van der Waals surface area contributed by atoms with Crippen molar-refractivity contribution in [2.24, 2.45) is 5.41 Å². The Hall–Kier alpha value is -2.60. The van der Waals surface area contributed by atoms with Gasteiger partial charge in [0.05, 0.1) is 15.7 Å². The van der Waals surface area contributed by atoms with Gasteiger partial charge in [-0.25, -0.2) is 4.98 Å². The molecule has 2 aliphatic heterocycles. The molecule has 2 aliphatic rings. The molecule has 0 N–H and O–H groups in total. The Morgan fingerprint density at radius 3 is 3.04 bits per heavy atom. The van der Waals surface area contributed by atoms with E-state index in [0.29, 0.717) is 6.79 Å². The van der Waals surface area contributed by atoms with Gasteiger partial charge in [-0.05, 0) is 60.6 Å². The maximum Gasteiger partial charge on any atom is 0.253 e. The van der Waals surface area contributed by atoms with E-state index < -0.39 is 0 Å². The van der Waals surface area contributed by atoms with Gasteiger partial charge in [0.25, 0.3) is 5.91 Å². The summed E-state index contributed by atoms with van der Waals surface area (Å²) in [4.78, 5) is 19.4. The van der Waals surface area contributed by atoms with E-state index in [0.717, 1.165) is 59.6 Å². The van der Waals surface area contributed by atoms with E-state index >= 15 is 0 Å². The maximum absolute atomic E-state index is 13.1. The summed E-state index contributed by atoms with van der Waals surface area (Å²) in [5.74, 6) is 1.75. The van der Waals surface area contributed by atoms with Crippen LogP contribution < -0.4 is 9.47 Å². The normalized spacial score (nSPS) is 21.2. The fraction of sp³-hybridized carbons (Fsp3) is 0.364. The summed E-state index contributed by atoms with van der Waals surface area (Å²) in [6.07, 6.45) is 3.05. The third kappa shape index (κ3) is 3.22. The molecule has 1 atom stereocenters. The van der Waals surface area contributed by atoms with Crippen LogP contribution in [0.3, 0.4) is 0 Å². The van der Waals surface area contributed by atoms with Crippen LogP contribution in [0.4, 0.5) is 0 Å². The summed E-state index contributed by atoms with van der Waals surface area (Å²) >= 11 is 1.57. The lowest BCUT2D eigenvalue weighted by atomic mass is 9.76. The SMILES string of the molecule is CC1(Cc2ccc3c(c2)OCO3)CCCN(C(=O)c2ccc3ncsc3c2)C1. The van der Waals surface area contributed by atoms with Crippen molar-refractivity contribution in [3.63, 3.8) is 0 Å². The van der Waals surface area contributed by atoms with Crippen molar-refractivity contribution in [2.75, 3.05) is 19.9 Å². The third-order valence-corrected chi connectivity index (χ3v) is 6.51. The van der Waals surface area contributed by atoms with Crippen LogP contribution in [0.25, 0.3) is 10.2 Å². The standard InChI is InChI=1S/C22H22N2O3S/c1-22(11-15-3-6-18-19(9-15)27-14-26-18)7-2-8-24(12-22)21(25)16-4-5-17-20(10-16)28-13-23-17/h3-6,9-10,13H,2,7-8,11-12,14H2,1H3. The molecule has 1 aromatic heterocycles. The Morgan fingerprint density at radius 2 is 2.11 bits per heavy atom. The minimum atomic E-state index is 0.0518. The lowest BCUT2D eigenvalue weighted by Gasteiger charge is -2.41. The molecule has 1 saturated heterocycles. The number of thiazole rings is 1. The van der Waals surface area contributed by atoms with Crippen LogP contribution in [0.1, 0.15) is 35.7 Å². The van der Waals surface area contributed by atoms with Crippen molar-refractivity contribution >= 4 is 27.5 Å². The molecule has 0 radical (unpaired) electrons. The van der Waals surface area contributed by atoms with Gasteiger partial charge in [0, 0.05) is 18.7 Å². The highest BCUT2D eigenvalue weighted by Gasteiger charge is 2.34. The zero-order chi connectivity index (χ0) is 19.1. The van der Waals surface area contributed by atoms with Crippen molar-refractivity contribution in [3.8, 4) is 11.5 Å². The number of aromatic nitrogens is 1. The van der Waals surface area contributed by atoms with E-state index in [1.54, 1.807) is 11.3 Å². The van der Waals surface area contributed by atoms with Crippen molar-refractivity contribution in [1.82, 2.24) is 9.88 Å². The summed E-state index contributed by atoms with van der Waals surface area (Å²) in [6, 6.07) is 12.0. The number of likely N-dealkylation sites (tertiary alicyclic amines) is 1. The Morgan fingerprint density at radius 1 is 1.21 bits per heavy atom. The van der Waals surface area contributed by atoms with Crippen molar-refractivity contribution < 1.29 is 14.3 Å². The maximum atomic E-state index is 13.1. The number of amides is 1. The van der Waals surface area contributed by atoms with Gasteiger partial charge in [-0.15, -0.1) is 11.3 Å². The Labute approximate surface area is 167 Å². The van der Waals surface area contributed by atoms with Crippen molar-refractivity contribution in [2.45, 2.75) is 26.2 Å². The lowest BCUT2D eigenvalue weighted by molar-refractivity contribution is 0.0551.